The van der Waals surface area contributed by atoms with Crippen LogP contribution in [0.5, 0.6) is 0 Å². The van der Waals surface area contributed by atoms with Crippen molar-refractivity contribution in [3.63, 3.8) is 0 Å². The molecule has 48 valence electrons. The van der Waals surface area contributed by atoms with Crippen molar-refractivity contribution in [2.45, 2.75) is 38.6 Å². The molecule has 0 saturated heterocycles. The van der Waals surface area contributed by atoms with Gasteiger partial charge in [-0.2, -0.15) is 0 Å². The van der Waals surface area contributed by atoms with Gasteiger partial charge < -0.3 is 5.73 Å². The number of hydrogen-bond acceptors (Lipinski definition) is 0. The molecule has 0 radical (unpaired) electrons. The maximum absolute atomic E-state index is 7.48. The van der Waals surface area contributed by atoms with Crippen LogP contribution in [0.15, 0.2) is 0 Å². The molecule has 2 unspecified atom stereocenters. The molecular formula is C7H14LiN. The van der Waals surface area contributed by atoms with Crippen LogP contribution >= 0.6 is 0 Å². The van der Waals surface area contributed by atoms with Crippen LogP contribution in [0.1, 0.15) is 32.6 Å². The van der Waals surface area contributed by atoms with E-state index in [1.165, 1.54) is 19.3 Å². The van der Waals surface area contributed by atoms with Crippen LogP contribution in [-0.2, 0) is 0 Å². The van der Waals surface area contributed by atoms with Gasteiger partial charge in [-0.1, -0.05) is 38.5 Å². The number of rotatable bonds is 0. The summed E-state index contributed by atoms with van der Waals surface area (Å²) < 4.78 is 0. The van der Waals surface area contributed by atoms with Crippen molar-refractivity contribution in [2.24, 2.45) is 5.92 Å². The van der Waals surface area contributed by atoms with Gasteiger partial charge in [0.2, 0.25) is 0 Å². The Morgan fingerprint density at radius 1 is 1.22 bits per heavy atom. The summed E-state index contributed by atoms with van der Waals surface area (Å²) in [5.74, 6) is 0.670. The Bertz CT molecular complexity index is 65.3. The second-order valence-corrected chi connectivity index (χ2v) is 2.87. The molecule has 1 rings (SSSR count). The molecule has 0 amide bonds. The minimum atomic E-state index is 0. The van der Waals surface area contributed by atoms with Crippen molar-refractivity contribution in [1.29, 1.82) is 0 Å². The summed E-state index contributed by atoms with van der Waals surface area (Å²) in [4.78, 5) is 0. The fourth-order valence-corrected chi connectivity index (χ4v) is 1.32. The SMILES string of the molecule is CC1CCCCC1[NH-].[Li+]. The van der Waals surface area contributed by atoms with Gasteiger partial charge in [-0.25, -0.2) is 0 Å². The monoisotopic (exact) mass is 119 g/mol. The van der Waals surface area contributed by atoms with Crippen LogP contribution in [0.2, 0.25) is 0 Å². The Morgan fingerprint density at radius 3 is 2.11 bits per heavy atom. The molecule has 1 aliphatic rings. The zero-order valence-corrected chi connectivity index (χ0v) is 6.48. The standard InChI is InChI=1S/C7H14N.Li/c1-6-4-2-3-5-7(6)8;/h6-8H,2-5H2,1H3;/q-1;+1. The molecule has 0 heterocycles. The van der Waals surface area contributed by atoms with Gasteiger partial charge in [-0.3, -0.25) is 0 Å². The zero-order valence-electron chi connectivity index (χ0n) is 6.48. The summed E-state index contributed by atoms with van der Waals surface area (Å²) in [6.07, 6.45) is 5.07. The van der Waals surface area contributed by atoms with Gasteiger partial charge in [-0.05, 0) is 0 Å². The summed E-state index contributed by atoms with van der Waals surface area (Å²) in [5, 5.41) is 0. The van der Waals surface area contributed by atoms with Crippen molar-refractivity contribution in [1.82, 2.24) is 0 Å². The summed E-state index contributed by atoms with van der Waals surface area (Å²) in [5.41, 5.74) is 7.48. The number of hydrogen-bond donors (Lipinski definition) is 0. The summed E-state index contributed by atoms with van der Waals surface area (Å²) in [6.45, 7) is 2.19. The first-order chi connectivity index (χ1) is 3.80. The van der Waals surface area contributed by atoms with Crippen LogP contribution in [0.25, 0.3) is 5.73 Å². The van der Waals surface area contributed by atoms with Crippen LogP contribution in [0.4, 0.5) is 0 Å². The van der Waals surface area contributed by atoms with E-state index in [1.807, 2.05) is 0 Å². The maximum Gasteiger partial charge on any atom is 1.00 e. The van der Waals surface area contributed by atoms with E-state index in [1.54, 1.807) is 0 Å². The normalized spacial score (nSPS) is 35.3. The molecule has 1 N–H and O–H groups in total. The number of nitrogens with one attached hydrogen (secondary N) is 1. The Kier molecular flexibility index (Phi) is 4.66. The fraction of sp³-hybridized carbons (Fsp3) is 1.00. The predicted octanol–water partition coefficient (Wildman–Crippen LogP) is -0.379. The Hall–Kier alpha value is 0.557. The van der Waals surface area contributed by atoms with E-state index in [9.17, 15) is 0 Å². The van der Waals surface area contributed by atoms with Crippen LogP contribution in [0, 0.1) is 5.92 Å². The van der Waals surface area contributed by atoms with Gasteiger partial charge in [0, 0.05) is 0 Å². The van der Waals surface area contributed by atoms with E-state index in [-0.39, 0.29) is 24.9 Å². The Labute approximate surface area is 69.6 Å². The molecule has 0 aromatic carbocycles. The van der Waals surface area contributed by atoms with E-state index in [0.29, 0.717) is 5.92 Å². The third-order valence-electron chi connectivity index (χ3n) is 2.11. The molecule has 2 heteroatoms. The maximum atomic E-state index is 7.48. The van der Waals surface area contributed by atoms with Gasteiger partial charge in [0.15, 0.2) is 0 Å². The van der Waals surface area contributed by atoms with E-state index >= 15 is 0 Å². The van der Waals surface area contributed by atoms with Crippen molar-refractivity contribution >= 4 is 0 Å². The molecular weight excluding hydrogens is 105 g/mol. The van der Waals surface area contributed by atoms with Crippen LogP contribution in [0.3, 0.4) is 0 Å². The minimum absolute atomic E-state index is 0. The second kappa shape index (κ2) is 4.39. The van der Waals surface area contributed by atoms with E-state index in [4.69, 9.17) is 5.73 Å². The van der Waals surface area contributed by atoms with Crippen molar-refractivity contribution in [2.75, 3.05) is 0 Å². The quantitative estimate of drug-likeness (QED) is 0.388. The Morgan fingerprint density at radius 2 is 1.78 bits per heavy atom. The first-order valence-corrected chi connectivity index (χ1v) is 3.52. The fourth-order valence-electron chi connectivity index (χ4n) is 1.32. The molecule has 1 saturated carbocycles. The van der Waals surface area contributed by atoms with Gasteiger partial charge in [0.1, 0.15) is 0 Å². The van der Waals surface area contributed by atoms with Gasteiger partial charge in [-0.15, -0.1) is 6.04 Å². The van der Waals surface area contributed by atoms with E-state index in [0.717, 1.165) is 6.42 Å². The smallest absolute Gasteiger partial charge is 0.674 e. The summed E-state index contributed by atoms with van der Waals surface area (Å²) >= 11 is 0. The molecule has 1 nitrogen and oxygen atoms in total. The third-order valence-corrected chi connectivity index (χ3v) is 2.11. The molecule has 0 aliphatic heterocycles. The van der Waals surface area contributed by atoms with Crippen molar-refractivity contribution in [3.8, 4) is 0 Å². The van der Waals surface area contributed by atoms with Crippen molar-refractivity contribution in [3.05, 3.63) is 5.73 Å². The summed E-state index contributed by atoms with van der Waals surface area (Å²) in [6, 6.07) is 0.253. The molecule has 1 aliphatic carbocycles. The average molecular weight is 119 g/mol. The topological polar surface area (TPSA) is 23.8 Å². The van der Waals surface area contributed by atoms with E-state index < -0.39 is 0 Å². The predicted molar refractivity (Wildman–Crippen MR) is 35.7 cm³/mol. The largest absolute Gasteiger partial charge is 1.00 e. The molecule has 0 bridgehead atoms. The van der Waals surface area contributed by atoms with Crippen LogP contribution in [-0.4, -0.2) is 6.04 Å². The minimum Gasteiger partial charge on any atom is -0.674 e. The van der Waals surface area contributed by atoms with E-state index in [2.05, 4.69) is 6.92 Å². The molecule has 2 atom stereocenters. The second-order valence-electron chi connectivity index (χ2n) is 2.87. The molecule has 0 aromatic rings. The zero-order chi connectivity index (χ0) is 5.98. The van der Waals surface area contributed by atoms with Crippen LogP contribution < -0.4 is 18.9 Å². The molecule has 9 heavy (non-hydrogen) atoms. The molecule has 0 spiro atoms. The Balaban J connectivity index is 0.000000640. The average Bonchev–Trinajstić information content (AvgIpc) is 1.77. The van der Waals surface area contributed by atoms with Gasteiger partial charge >= 0.3 is 18.9 Å². The first-order valence-electron chi connectivity index (χ1n) is 3.52. The first kappa shape index (κ1) is 9.56. The summed E-state index contributed by atoms with van der Waals surface area (Å²) in [7, 11) is 0. The molecule has 1 fully saturated rings. The van der Waals surface area contributed by atoms with Gasteiger partial charge in [0.25, 0.3) is 0 Å². The van der Waals surface area contributed by atoms with Gasteiger partial charge in [0.05, 0.1) is 0 Å². The van der Waals surface area contributed by atoms with Crippen molar-refractivity contribution < 1.29 is 18.9 Å². The molecule has 0 aromatic heterocycles. The third kappa shape index (κ3) is 2.75.